The molecule has 0 spiro atoms. The topological polar surface area (TPSA) is 86.7 Å². The monoisotopic (exact) mass is 413 g/mol. The Morgan fingerprint density at radius 1 is 1.24 bits per heavy atom. The lowest BCUT2D eigenvalue weighted by Gasteiger charge is -2.06. The van der Waals surface area contributed by atoms with Crippen molar-refractivity contribution in [2.24, 2.45) is 4.99 Å². The number of benzene rings is 2. The molecular weight excluding hydrogens is 390 g/mol. The third kappa shape index (κ3) is 4.96. The zero-order valence-electron chi connectivity index (χ0n) is 16.7. The van der Waals surface area contributed by atoms with E-state index in [9.17, 15) is 14.9 Å². The second kappa shape index (κ2) is 9.11. The summed E-state index contributed by atoms with van der Waals surface area (Å²) in [5.74, 6) is -0.247. The van der Waals surface area contributed by atoms with Crippen LogP contribution in [0.2, 0.25) is 0 Å². The van der Waals surface area contributed by atoms with Gasteiger partial charge in [0.05, 0.1) is 28.2 Å². The van der Waals surface area contributed by atoms with E-state index in [4.69, 9.17) is 4.74 Å². The second-order valence-corrected chi connectivity index (χ2v) is 7.76. The molecule has 0 aliphatic carbocycles. The van der Waals surface area contributed by atoms with E-state index in [1.807, 2.05) is 43.5 Å². The van der Waals surface area contributed by atoms with Crippen molar-refractivity contribution in [1.29, 1.82) is 0 Å². The Kier molecular flexibility index (Phi) is 6.56. The van der Waals surface area contributed by atoms with Crippen LogP contribution in [0.25, 0.3) is 10.2 Å². The SMILES string of the molecule is CCOCCn1c(=NC(=O)Cc2ccc(C)cc2C)sc2ccc([N+](=O)[O-])cc21. The van der Waals surface area contributed by atoms with Crippen LogP contribution in [0.1, 0.15) is 23.6 Å². The van der Waals surface area contributed by atoms with E-state index in [0.717, 1.165) is 21.4 Å². The molecule has 7 nitrogen and oxygen atoms in total. The van der Waals surface area contributed by atoms with Gasteiger partial charge in [0.1, 0.15) is 0 Å². The summed E-state index contributed by atoms with van der Waals surface area (Å²) in [7, 11) is 0. The Morgan fingerprint density at radius 3 is 2.72 bits per heavy atom. The highest BCUT2D eigenvalue weighted by molar-refractivity contribution is 7.16. The zero-order valence-corrected chi connectivity index (χ0v) is 17.5. The van der Waals surface area contributed by atoms with E-state index in [1.165, 1.54) is 23.5 Å². The fourth-order valence-corrected chi connectivity index (χ4v) is 4.18. The molecule has 0 aliphatic heterocycles. The molecule has 152 valence electrons. The molecule has 0 saturated heterocycles. The van der Waals surface area contributed by atoms with E-state index in [0.29, 0.717) is 30.1 Å². The van der Waals surface area contributed by atoms with Gasteiger partial charge in [0.2, 0.25) is 0 Å². The van der Waals surface area contributed by atoms with Gasteiger partial charge in [-0.3, -0.25) is 14.9 Å². The van der Waals surface area contributed by atoms with E-state index in [1.54, 1.807) is 6.07 Å². The molecule has 0 atom stereocenters. The first kappa shape index (κ1) is 20.9. The lowest BCUT2D eigenvalue weighted by molar-refractivity contribution is -0.384. The first-order valence-electron chi connectivity index (χ1n) is 9.38. The quantitative estimate of drug-likeness (QED) is 0.334. The largest absolute Gasteiger partial charge is 0.380 e. The number of nitrogens with zero attached hydrogens (tertiary/aromatic N) is 3. The van der Waals surface area contributed by atoms with Crippen molar-refractivity contribution in [3.05, 3.63) is 68.0 Å². The summed E-state index contributed by atoms with van der Waals surface area (Å²) in [5, 5.41) is 11.2. The number of non-ortho nitro benzene ring substituents is 1. The maximum absolute atomic E-state index is 12.6. The van der Waals surface area contributed by atoms with Crippen molar-refractivity contribution >= 4 is 33.1 Å². The minimum absolute atomic E-state index is 0.00798. The summed E-state index contributed by atoms with van der Waals surface area (Å²) in [4.78, 5) is 28.2. The van der Waals surface area contributed by atoms with Crippen molar-refractivity contribution in [1.82, 2.24) is 4.57 Å². The van der Waals surface area contributed by atoms with Crippen molar-refractivity contribution in [2.75, 3.05) is 13.2 Å². The fraction of sp³-hybridized carbons (Fsp3) is 0.333. The molecule has 1 aromatic heterocycles. The number of thiazole rings is 1. The molecule has 0 fully saturated rings. The van der Waals surface area contributed by atoms with Crippen LogP contribution in [-0.4, -0.2) is 28.6 Å². The number of ether oxygens (including phenoxy) is 1. The predicted octanol–water partition coefficient (Wildman–Crippen LogP) is 3.93. The summed E-state index contributed by atoms with van der Waals surface area (Å²) in [6.45, 7) is 7.37. The van der Waals surface area contributed by atoms with Crippen LogP contribution in [0.15, 0.2) is 41.4 Å². The number of hydrogen-bond acceptors (Lipinski definition) is 5. The van der Waals surface area contributed by atoms with Crippen LogP contribution >= 0.6 is 11.3 Å². The lowest BCUT2D eigenvalue weighted by atomic mass is 10.0. The van der Waals surface area contributed by atoms with Gasteiger partial charge in [-0.05, 0) is 38.0 Å². The van der Waals surface area contributed by atoms with Gasteiger partial charge in [-0.1, -0.05) is 35.1 Å². The molecule has 3 rings (SSSR count). The normalized spacial score (nSPS) is 11.9. The van der Waals surface area contributed by atoms with Crippen LogP contribution < -0.4 is 4.80 Å². The first-order valence-corrected chi connectivity index (χ1v) is 10.2. The molecule has 0 radical (unpaired) electrons. The maximum Gasteiger partial charge on any atom is 0.271 e. The summed E-state index contributed by atoms with van der Waals surface area (Å²) in [6.07, 6.45) is 0.214. The van der Waals surface area contributed by atoms with Crippen LogP contribution in [0.5, 0.6) is 0 Å². The summed E-state index contributed by atoms with van der Waals surface area (Å²) >= 11 is 1.35. The van der Waals surface area contributed by atoms with E-state index < -0.39 is 4.92 Å². The Balaban J connectivity index is 2.00. The number of amides is 1. The minimum atomic E-state index is -0.424. The van der Waals surface area contributed by atoms with Gasteiger partial charge in [0.25, 0.3) is 11.6 Å². The van der Waals surface area contributed by atoms with Crippen LogP contribution in [-0.2, 0) is 22.5 Å². The minimum Gasteiger partial charge on any atom is -0.380 e. The number of hydrogen-bond donors (Lipinski definition) is 0. The van der Waals surface area contributed by atoms with E-state index in [2.05, 4.69) is 4.99 Å². The fourth-order valence-electron chi connectivity index (χ4n) is 3.13. The maximum atomic E-state index is 12.6. The molecule has 0 unspecified atom stereocenters. The summed E-state index contributed by atoms with van der Waals surface area (Å²) in [6, 6.07) is 10.7. The molecule has 0 aliphatic rings. The van der Waals surface area contributed by atoms with Gasteiger partial charge in [-0.15, -0.1) is 0 Å². The van der Waals surface area contributed by atoms with Gasteiger partial charge < -0.3 is 9.30 Å². The van der Waals surface area contributed by atoms with Crippen LogP contribution in [0, 0.1) is 24.0 Å². The van der Waals surface area contributed by atoms with Crippen LogP contribution in [0.3, 0.4) is 0 Å². The van der Waals surface area contributed by atoms with Gasteiger partial charge in [-0.25, -0.2) is 0 Å². The molecule has 29 heavy (non-hydrogen) atoms. The van der Waals surface area contributed by atoms with E-state index in [-0.39, 0.29) is 18.0 Å². The Labute approximate surface area is 172 Å². The molecular formula is C21H23N3O4S. The molecule has 8 heteroatoms. The summed E-state index contributed by atoms with van der Waals surface area (Å²) in [5.41, 5.74) is 3.85. The second-order valence-electron chi connectivity index (χ2n) is 6.75. The molecule has 1 heterocycles. The third-order valence-corrected chi connectivity index (χ3v) is 5.66. The number of nitro groups is 1. The highest BCUT2D eigenvalue weighted by Gasteiger charge is 2.13. The molecule has 1 amide bonds. The number of fused-ring (bicyclic) bond motifs is 1. The van der Waals surface area contributed by atoms with Gasteiger partial charge >= 0.3 is 0 Å². The average Bonchev–Trinajstić information content (AvgIpc) is 3.00. The molecule has 0 N–H and O–H groups in total. The Morgan fingerprint density at radius 2 is 2.03 bits per heavy atom. The number of nitro benzene ring substituents is 1. The molecule has 0 saturated carbocycles. The van der Waals surface area contributed by atoms with Crippen molar-refractivity contribution < 1.29 is 14.5 Å². The van der Waals surface area contributed by atoms with E-state index >= 15 is 0 Å². The average molecular weight is 413 g/mol. The molecule has 3 aromatic rings. The first-order chi connectivity index (χ1) is 13.9. The highest BCUT2D eigenvalue weighted by atomic mass is 32.1. The molecule has 0 bridgehead atoms. The number of carbonyl (C=O) groups excluding carboxylic acids is 1. The Bertz CT molecular complexity index is 1130. The predicted molar refractivity (Wildman–Crippen MR) is 113 cm³/mol. The highest BCUT2D eigenvalue weighted by Crippen LogP contribution is 2.23. The zero-order chi connectivity index (χ0) is 21.0. The van der Waals surface area contributed by atoms with Gasteiger partial charge in [-0.2, -0.15) is 4.99 Å². The number of carbonyl (C=O) groups is 1. The van der Waals surface area contributed by atoms with Crippen LogP contribution in [0.4, 0.5) is 5.69 Å². The van der Waals surface area contributed by atoms with Gasteiger partial charge in [0.15, 0.2) is 4.80 Å². The third-order valence-electron chi connectivity index (χ3n) is 4.60. The lowest BCUT2D eigenvalue weighted by Crippen LogP contribution is -2.20. The Hall–Kier alpha value is -2.84. The van der Waals surface area contributed by atoms with Crippen molar-refractivity contribution in [3.63, 3.8) is 0 Å². The summed E-state index contributed by atoms with van der Waals surface area (Å²) < 4.78 is 8.10. The molecule has 2 aromatic carbocycles. The smallest absolute Gasteiger partial charge is 0.271 e. The number of rotatable bonds is 7. The van der Waals surface area contributed by atoms with Gasteiger partial charge in [0, 0.05) is 25.3 Å². The standard InChI is InChI=1S/C21H23N3O4S/c1-4-28-10-9-23-18-13-17(24(26)27)7-8-19(18)29-21(23)22-20(25)12-16-6-5-14(2)11-15(16)3/h5-8,11,13H,4,9-10,12H2,1-3H3. The van der Waals surface area contributed by atoms with Crippen molar-refractivity contribution in [3.8, 4) is 0 Å². The number of aryl methyl sites for hydroxylation is 2. The van der Waals surface area contributed by atoms with Crippen molar-refractivity contribution in [2.45, 2.75) is 33.7 Å². The number of aromatic nitrogens is 1.